The Labute approximate surface area is 431 Å². The lowest BCUT2D eigenvalue weighted by Crippen LogP contribution is -2.30. The molecule has 0 aliphatic carbocycles. The van der Waals surface area contributed by atoms with E-state index in [0.717, 1.165) is 57.8 Å². The van der Waals surface area contributed by atoms with Gasteiger partial charge in [-0.05, 0) is 44.9 Å². The molecule has 0 aromatic rings. The quantitative estimate of drug-likeness (QED) is 0.0261. The van der Waals surface area contributed by atoms with Crippen LogP contribution in [0.25, 0.3) is 0 Å². The number of carbonyl (C=O) groups is 3. The Morgan fingerprint density at radius 2 is 0.478 bits per heavy atom. The molecule has 0 saturated carbocycles. The van der Waals surface area contributed by atoms with Crippen molar-refractivity contribution in [2.75, 3.05) is 13.2 Å². The molecule has 1 atom stereocenters. The molecular weight excluding hydrogens is 853 g/mol. The standard InChI is InChI=1S/C63H120O6/c1-4-7-10-13-16-19-22-25-28-30-31-33-35-38-41-44-47-50-53-56-62(65)68-59-60(58-67-61(64)55-52-49-46-43-40-37-34-27-24-21-18-15-12-9-6-3)69-63(66)57-54-51-48-45-42-39-36-32-29-26-23-20-17-14-11-8-5-2/h30-31,60H,4-29,32-59H2,1-3H3/b31-30-/t60-/m1/s1. The highest BCUT2D eigenvalue weighted by Crippen LogP contribution is 2.18. The summed E-state index contributed by atoms with van der Waals surface area (Å²) in [6.07, 6.45) is 67.8. The molecule has 6 heteroatoms. The number of hydrogen-bond acceptors (Lipinski definition) is 6. The molecule has 0 rings (SSSR count). The monoisotopic (exact) mass is 973 g/mol. The zero-order valence-electron chi connectivity index (χ0n) is 46.9. The summed E-state index contributed by atoms with van der Waals surface area (Å²) in [7, 11) is 0. The molecule has 408 valence electrons. The summed E-state index contributed by atoms with van der Waals surface area (Å²) in [5, 5.41) is 0. The molecule has 0 aliphatic rings. The lowest BCUT2D eigenvalue weighted by atomic mass is 10.0. The molecule has 0 unspecified atom stereocenters. The Kier molecular flexibility index (Phi) is 57.1. The van der Waals surface area contributed by atoms with Gasteiger partial charge in [-0.3, -0.25) is 14.4 Å². The SMILES string of the molecule is CCCCCCCCCC/C=C\CCCCCCCCCC(=O)OC[C@@H](COC(=O)CCCCCCCCCCCCCCCCC)OC(=O)CCCCCCCCCCCCCCCCCCC. The minimum absolute atomic E-state index is 0.0648. The Morgan fingerprint density at radius 3 is 0.725 bits per heavy atom. The van der Waals surface area contributed by atoms with Crippen molar-refractivity contribution in [1.82, 2.24) is 0 Å². The predicted molar refractivity (Wildman–Crippen MR) is 298 cm³/mol. The van der Waals surface area contributed by atoms with Gasteiger partial charge in [0.2, 0.25) is 0 Å². The van der Waals surface area contributed by atoms with Gasteiger partial charge in [0.15, 0.2) is 6.10 Å². The first-order valence-corrected chi connectivity index (χ1v) is 31.2. The molecule has 69 heavy (non-hydrogen) atoms. The first-order chi connectivity index (χ1) is 34.0. The second-order valence-corrected chi connectivity index (χ2v) is 21.3. The third-order valence-electron chi connectivity index (χ3n) is 14.3. The van der Waals surface area contributed by atoms with Crippen LogP contribution in [-0.2, 0) is 28.6 Å². The van der Waals surface area contributed by atoms with Crippen molar-refractivity contribution in [3.63, 3.8) is 0 Å². The smallest absolute Gasteiger partial charge is 0.306 e. The molecular formula is C63H120O6. The summed E-state index contributed by atoms with van der Waals surface area (Å²) in [6, 6.07) is 0. The summed E-state index contributed by atoms with van der Waals surface area (Å²) in [6.45, 7) is 6.71. The summed E-state index contributed by atoms with van der Waals surface area (Å²) in [4.78, 5) is 38.3. The van der Waals surface area contributed by atoms with Crippen LogP contribution in [0.4, 0.5) is 0 Å². The van der Waals surface area contributed by atoms with Crippen molar-refractivity contribution in [3.05, 3.63) is 12.2 Å². The van der Waals surface area contributed by atoms with Crippen molar-refractivity contribution in [2.45, 2.75) is 361 Å². The highest BCUT2D eigenvalue weighted by molar-refractivity contribution is 5.71. The van der Waals surface area contributed by atoms with E-state index in [9.17, 15) is 14.4 Å². The Balaban J connectivity index is 4.30. The van der Waals surface area contributed by atoms with Crippen molar-refractivity contribution in [1.29, 1.82) is 0 Å². The van der Waals surface area contributed by atoms with Crippen LogP contribution in [0.3, 0.4) is 0 Å². The van der Waals surface area contributed by atoms with Gasteiger partial charge in [0.1, 0.15) is 13.2 Å². The van der Waals surface area contributed by atoms with E-state index in [1.807, 2.05) is 0 Å². The zero-order valence-corrected chi connectivity index (χ0v) is 46.9. The first-order valence-electron chi connectivity index (χ1n) is 31.2. The van der Waals surface area contributed by atoms with E-state index in [0.29, 0.717) is 19.3 Å². The summed E-state index contributed by atoms with van der Waals surface area (Å²) in [5.41, 5.74) is 0. The van der Waals surface area contributed by atoms with Gasteiger partial charge in [-0.15, -0.1) is 0 Å². The average molecular weight is 974 g/mol. The molecule has 0 aromatic heterocycles. The molecule has 0 spiro atoms. The third-order valence-corrected chi connectivity index (χ3v) is 14.3. The molecule has 0 N–H and O–H groups in total. The fraction of sp³-hybridized carbons (Fsp3) is 0.921. The average Bonchev–Trinajstić information content (AvgIpc) is 3.35. The molecule has 6 nitrogen and oxygen atoms in total. The normalized spacial score (nSPS) is 12.0. The number of unbranched alkanes of at least 4 members (excludes halogenated alkanes) is 45. The van der Waals surface area contributed by atoms with E-state index in [4.69, 9.17) is 14.2 Å². The van der Waals surface area contributed by atoms with E-state index in [-0.39, 0.29) is 31.1 Å². The minimum Gasteiger partial charge on any atom is -0.462 e. The number of carbonyl (C=O) groups excluding carboxylic acids is 3. The topological polar surface area (TPSA) is 78.9 Å². The van der Waals surface area contributed by atoms with E-state index in [1.165, 1.54) is 257 Å². The zero-order chi connectivity index (χ0) is 50.0. The van der Waals surface area contributed by atoms with Crippen molar-refractivity contribution >= 4 is 17.9 Å². The third kappa shape index (κ3) is 56.9. The maximum Gasteiger partial charge on any atom is 0.306 e. The van der Waals surface area contributed by atoms with Crippen LogP contribution in [0.15, 0.2) is 12.2 Å². The maximum atomic E-state index is 12.9. The van der Waals surface area contributed by atoms with Gasteiger partial charge >= 0.3 is 17.9 Å². The van der Waals surface area contributed by atoms with E-state index < -0.39 is 6.10 Å². The number of rotatable bonds is 58. The summed E-state index contributed by atoms with van der Waals surface area (Å²) < 4.78 is 16.9. The molecule has 0 amide bonds. The first kappa shape index (κ1) is 67.1. The van der Waals surface area contributed by atoms with Crippen LogP contribution in [0.5, 0.6) is 0 Å². The predicted octanol–water partition coefficient (Wildman–Crippen LogP) is 20.9. The number of esters is 3. The Bertz CT molecular complexity index is 1070. The second-order valence-electron chi connectivity index (χ2n) is 21.3. The Hall–Kier alpha value is -1.85. The van der Waals surface area contributed by atoms with Gasteiger partial charge in [-0.1, -0.05) is 303 Å². The largest absolute Gasteiger partial charge is 0.462 e. The van der Waals surface area contributed by atoms with Crippen LogP contribution in [0, 0.1) is 0 Å². The van der Waals surface area contributed by atoms with Crippen molar-refractivity contribution in [3.8, 4) is 0 Å². The van der Waals surface area contributed by atoms with Crippen LogP contribution < -0.4 is 0 Å². The minimum atomic E-state index is -0.766. The van der Waals surface area contributed by atoms with Gasteiger partial charge in [0.25, 0.3) is 0 Å². The maximum absolute atomic E-state index is 12.9. The molecule has 0 aromatic carbocycles. The van der Waals surface area contributed by atoms with Gasteiger partial charge in [0.05, 0.1) is 0 Å². The summed E-state index contributed by atoms with van der Waals surface area (Å²) >= 11 is 0. The second kappa shape index (κ2) is 58.7. The van der Waals surface area contributed by atoms with Crippen LogP contribution in [0.2, 0.25) is 0 Å². The van der Waals surface area contributed by atoms with Crippen LogP contribution in [-0.4, -0.2) is 37.2 Å². The lowest BCUT2D eigenvalue weighted by molar-refractivity contribution is -0.167. The molecule has 0 saturated heterocycles. The molecule has 0 heterocycles. The molecule has 0 aliphatic heterocycles. The molecule has 0 bridgehead atoms. The number of hydrogen-bond donors (Lipinski definition) is 0. The van der Waals surface area contributed by atoms with Gasteiger partial charge in [-0.2, -0.15) is 0 Å². The summed E-state index contributed by atoms with van der Waals surface area (Å²) in [5.74, 6) is -0.840. The highest BCUT2D eigenvalue weighted by Gasteiger charge is 2.19. The van der Waals surface area contributed by atoms with Gasteiger partial charge < -0.3 is 14.2 Å². The fourth-order valence-corrected chi connectivity index (χ4v) is 9.56. The van der Waals surface area contributed by atoms with Crippen molar-refractivity contribution in [2.24, 2.45) is 0 Å². The van der Waals surface area contributed by atoms with Crippen LogP contribution in [0.1, 0.15) is 355 Å². The van der Waals surface area contributed by atoms with Crippen molar-refractivity contribution < 1.29 is 28.6 Å². The Morgan fingerprint density at radius 1 is 0.275 bits per heavy atom. The number of ether oxygens (including phenoxy) is 3. The highest BCUT2D eigenvalue weighted by atomic mass is 16.6. The lowest BCUT2D eigenvalue weighted by Gasteiger charge is -2.18. The van der Waals surface area contributed by atoms with E-state index in [2.05, 4.69) is 32.9 Å². The number of allylic oxidation sites excluding steroid dienone is 2. The van der Waals surface area contributed by atoms with Crippen LogP contribution >= 0.6 is 0 Å². The van der Waals surface area contributed by atoms with E-state index >= 15 is 0 Å². The van der Waals surface area contributed by atoms with Gasteiger partial charge in [-0.25, -0.2) is 0 Å². The molecule has 0 fully saturated rings. The van der Waals surface area contributed by atoms with Gasteiger partial charge in [0, 0.05) is 19.3 Å². The molecule has 0 radical (unpaired) electrons. The fourth-order valence-electron chi connectivity index (χ4n) is 9.56. The van der Waals surface area contributed by atoms with E-state index in [1.54, 1.807) is 0 Å².